The molecule has 1 amide bonds. The fourth-order valence-electron chi connectivity index (χ4n) is 3.53. The number of benzene rings is 2. The van der Waals surface area contributed by atoms with Crippen molar-refractivity contribution in [1.82, 2.24) is 9.29 Å². The van der Waals surface area contributed by atoms with E-state index in [-0.39, 0.29) is 5.91 Å². The van der Waals surface area contributed by atoms with Crippen molar-refractivity contribution in [2.45, 2.75) is 11.3 Å². The van der Waals surface area contributed by atoms with E-state index < -0.39 is 10.0 Å². The molecule has 0 spiro atoms. The third kappa shape index (κ3) is 5.10. The van der Waals surface area contributed by atoms with Gasteiger partial charge in [0.2, 0.25) is 15.9 Å². The molecular formula is C23H24N4O3S. The topological polar surface area (TPSA) is 82.6 Å². The number of piperazine rings is 1. The second-order valence-electron chi connectivity index (χ2n) is 7.32. The second-order valence-corrected chi connectivity index (χ2v) is 9.26. The molecule has 1 aromatic heterocycles. The van der Waals surface area contributed by atoms with Crippen LogP contribution in [0.1, 0.15) is 5.56 Å². The van der Waals surface area contributed by atoms with Crippen LogP contribution in [0.4, 0.5) is 11.5 Å². The van der Waals surface area contributed by atoms with Gasteiger partial charge in [0.15, 0.2) is 0 Å². The molecule has 4 rings (SSSR count). The molecule has 0 atom stereocenters. The maximum absolute atomic E-state index is 12.8. The quantitative estimate of drug-likeness (QED) is 0.643. The zero-order valence-corrected chi connectivity index (χ0v) is 17.8. The zero-order valence-electron chi connectivity index (χ0n) is 17.0. The third-order valence-electron chi connectivity index (χ3n) is 5.18. The minimum absolute atomic E-state index is 0.0968. The summed E-state index contributed by atoms with van der Waals surface area (Å²) in [5.74, 6) is 0.665. The minimum Gasteiger partial charge on any atom is -0.354 e. The third-order valence-corrected chi connectivity index (χ3v) is 7.10. The lowest BCUT2D eigenvalue weighted by Crippen LogP contribution is -2.48. The molecule has 0 unspecified atom stereocenters. The molecular weight excluding hydrogens is 412 g/mol. The van der Waals surface area contributed by atoms with Crippen molar-refractivity contribution in [1.29, 1.82) is 0 Å². The molecule has 0 saturated carbocycles. The van der Waals surface area contributed by atoms with Crippen molar-refractivity contribution in [3.8, 4) is 0 Å². The Hall–Kier alpha value is -3.23. The molecule has 31 heavy (non-hydrogen) atoms. The highest BCUT2D eigenvalue weighted by atomic mass is 32.2. The maximum atomic E-state index is 12.8. The van der Waals surface area contributed by atoms with E-state index in [9.17, 15) is 13.2 Å². The van der Waals surface area contributed by atoms with E-state index >= 15 is 0 Å². The van der Waals surface area contributed by atoms with Crippen LogP contribution in [0.15, 0.2) is 83.9 Å². The summed E-state index contributed by atoms with van der Waals surface area (Å²) in [5.41, 5.74) is 1.59. The van der Waals surface area contributed by atoms with Crippen molar-refractivity contribution in [2.75, 3.05) is 36.4 Å². The number of nitrogens with zero attached hydrogens (tertiary/aromatic N) is 3. The van der Waals surface area contributed by atoms with Gasteiger partial charge in [-0.25, -0.2) is 13.4 Å². The normalized spacial score (nSPS) is 14.9. The average molecular weight is 437 g/mol. The van der Waals surface area contributed by atoms with Crippen molar-refractivity contribution in [3.05, 3.63) is 84.6 Å². The van der Waals surface area contributed by atoms with Crippen LogP contribution < -0.4 is 10.2 Å². The minimum atomic E-state index is -3.47. The summed E-state index contributed by atoms with van der Waals surface area (Å²) < 4.78 is 27.0. The molecule has 2 heterocycles. The van der Waals surface area contributed by atoms with Crippen molar-refractivity contribution >= 4 is 27.4 Å². The van der Waals surface area contributed by atoms with Gasteiger partial charge in [0.05, 0.1) is 23.2 Å². The highest BCUT2D eigenvalue weighted by Gasteiger charge is 2.28. The van der Waals surface area contributed by atoms with Crippen molar-refractivity contribution < 1.29 is 13.2 Å². The lowest BCUT2D eigenvalue weighted by Gasteiger charge is -2.34. The predicted octanol–water partition coefficient (Wildman–Crippen LogP) is 2.77. The van der Waals surface area contributed by atoms with Gasteiger partial charge in [0, 0.05) is 26.2 Å². The van der Waals surface area contributed by atoms with Gasteiger partial charge >= 0.3 is 0 Å². The summed E-state index contributed by atoms with van der Waals surface area (Å²) in [5, 5.41) is 2.86. The number of carbonyl (C=O) groups excluding carboxylic acids is 1. The van der Waals surface area contributed by atoms with E-state index in [1.165, 1.54) is 4.31 Å². The Balaban J connectivity index is 1.33. The molecule has 1 aliphatic rings. The smallest absolute Gasteiger partial charge is 0.243 e. The Kier molecular flexibility index (Phi) is 6.29. The van der Waals surface area contributed by atoms with Crippen LogP contribution in [0, 0.1) is 0 Å². The Labute approximate surface area is 182 Å². The van der Waals surface area contributed by atoms with Crippen LogP contribution in [0.2, 0.25) is 0 Å². The number of pyridine rings is 1. The molecule has 0 aliphatic carbocycles. The SMILES string of the molecule is O=C(Cc1ccccc1)Nc1ccc(N2CCN(S(=O)(=O)c3ccccc3)CC2)nc1. The second kappa shape index (κ2) is 9.28. The van der Waals surface area contributed by atoms with E-state index in [1.807, 2.05) is 47.4 Å². The Bertz CT molecular complexity index is 1110. The first kappa shape index (κ1) is 21.0. The first-order chi connectivity index (χ1) is 15.0. The first-order valence-corrected chi connectivity index (χ1v) is 11.6. The number of nitrogens with one attached hydrogen (secondary N) is 1. The van der Waals surface area contributed by atoms with E-state index in [1.54, 1.807) is 36.5 Å². The Morgan fingerprint density at radius 1 is 0.871 bits per heavy atom. The van der Waals surface area contributed by atoms with Gasteiger partial charge in [0.25, 0.3) is 0 Å². The standard InChI is InChI=1S/C23H24N4O3S/c28-23(17-19-7-3-1-4-8-19)25-20-11-12-22(24-18-20)26-13-15-27(16-14-26)31(29,30)21-9-5-2-6-10-21/h1-12,18H,13-17H2,(H,25,28). The van der Waals surface area contributed by atoms with Gasteiger partial charge in [-0.3, -0.25) is 4.79 Å². The largest absolute Gasteiger partial charge is 0.354 e. The Morgan fingerprint density at radius 3 is 2.13 bits per heavy atom. The van der Waals surface area contributed by atoms with E-state index in [4.69, 9.17) is 0 Å². The molecule has 0 bridgehead atoms. The van der Waals surface area contributed by atoms with Crippen LogP contribution in [0.5, 0.6) is 0 Å². The molecule has 2 aromatic carbocycles. The molecule has 1 saturated heterocycles. The number of amides is 1. The summed E-state index contributed by atoms with van der Waals surface area (Å²) in [6.45, 7) is 1.90. The van der Waals surface area contributed by atoms with Crippen molar-refractivity contribution in [3.63, 3.8) is 0 Å². The van der Waals surface area contributed by atoms with Crippen LogP contribution in [-0.4, -0.2) is 49.8 Å². The molecule has 0 radical (unpaired) electrons. The van der Waals surface area contributed by atoms with Gasteiger partial charge in [-0.2, -0.15) is 4.31 Å². The van der Waals surface area contributed by atoms with Crippen LogP contribution in [-0.2, 0) is 21.2 Å². The van der Waals surface area contributed by atoms with Crippen LogP contribution in [0.3, 0.4) is 0 Å². The summed E-state index contributed by atoms with van der Waals surface area (Å²) >= 11 is 0. The number of sulfonamides is 1. The summed E-state index contributed by atoms with van der Waals surface area (Å²) in [6, 6.07) is 21.7. The van der Waals surface area contributed by atoms with Crippen LogP contribution >= 0.6 is 0 Å². The summed E-state index contributed by atoms with van der Waals surface area (Å²) in [4.78, 5) is 19.0. The van der Waals surface area contributed by atoms with E-state index in [2.05, 4.69) is 10.3 Å². The number of aromatic nitrogens is 1. The Morgan fingerprint density at radius 2 is 1.52 bits per heavy atom. The number of rotatable bonds is 6. The zero-order chi connectivity index (χ0) is 21.7. The summed E-state index contributed by atoms with van der Waals surface area (Å²) in [6.07, 6.45) is 1.94. The number of hydrogen-bond acceptors (Lipinski definition) is 5. The highest BCUT2D eigenvalue weighted by Crippen LogP contribution is 2.21. The lowest BCUT2D eigenvalue weighted by atomic mass is 10.1. The van der Waals surface area contributed by atoms with E-state index in [0.29, 0.717) is 43.2 Å². The highest BCUT2D eigenvalue weighted by molar-refractivity contribution is 7.89. The van der Waals surface area contributed by atoms with Gasteiger partial charge in [0.1, 0.15) is 5.82 Å². The molecule has 1 fully saturated rings. The number of carbonyl (C=O) groups is 1. The van der Waals surface area contributed by atoms with Crippen molar-refractivity contribution in [2.24, 2.45) is 0 Å². The molecule has 7 nitrogen and oxygen atoms in total. The van der Waals surface area contributed by atoms with Gasteiger partial charge in [-0.15, -0.1) is 0 Å². The average Bonchev–Trinajstić information content (AvgIpc) is 2.81. The fourth-order valence-corrected chi connectivity index (χ4v) is 4.98. The number of hydrogen-bond donors (Lipinski definition) is 1. The number of anilines is 2. The van der Waals surface area contributed by atoms with E-state index in [0.717, 1.165) is 11.4 Å². The first-order valence-electron chi connectivity index (χ1n) is 10.1. The van der Waals surface area contributed by atoms with Gasteiger partial charge in [-0.1, -0.05) is 48.5 Å². The maximum Gasteiger partial charge on any atom is 0.243 e. The van der Waals surface area contributed by atoms with Crippen LogP contribution in [0.25, 0.3) is 0 Å². The summed E-state index contributed by atoms with van der Waals surface area (Å²) in [7, 11) is -3.47. The predicted molar refractivity (Wildman–Crippen MR) is 120 cm³/mol. The molecule has 8 heteroatoms. The fraction of sp³-hybridized carbons (Fsp3) is 0.217. The molecule has 3 aromatic rings. The molecule has 1 aliphatic heterocycles. The van der Waals surface area contributed by atoms with Gasteiger partial charge in [-0.05, 0) is 29.8 Å². The molecule has 160 valence electrons. The monoisotopic (exact) mass is 436 g/mol. The van der Waals surface area contributed by atoms with Gasteiger partial charge < -0.3 is 10.2 Å². The molecule has 1 N–H and O–H groups in total. The lowest BCUT2D eigenvalue weighted by molar-refractivity contribution is -0.115.